The van der Waals surface area contributed by atoms with Gasteiger partial charge in [0.1, 0.15) is 11.5 Å². The molecule has 33 heavy (non-hydrogen) atoms. The third kappa shape index (κ3) is 9.33. The maximum Gasteiger partial charge on any atom is 0.122 e. The first-order valence-electron chi connectivity index (χ1n) is 12.1. The molecule has 0 amide bonds. The predicted octanol–water partition coefficient (Wildman–Crippen LogP) is 4.00. The second kappa shape index (κ2) is 15.7. The molecule has 0 heterocycles. The lowest BCUT2D eigenvalue weighted by Gasteiger charge is -2.17. The first-order valence-corrected chi connectivity index (χ1v) is 12.1. The number of benzene rings is 2. The lowest BCUT2D eigenvalue weighted by Crippen LogP contribution is -2.30. The Labute approximate surface area is 198 Å². The fraction of sp³-hybridized carbons (Fsp3) is 0.556. The molecule has 0 saturated carbocycles. The highest BCUT2D eigenvalue weighted by atomic mass is 16.5. The molecule has 0 radical (unpaired) electrons. The van der Waals surface area contributed by atoms with Crippen LogP contribution in [0.3, 0.4) is 0 Å². The van der Waals surface area contributed by atoms with E-state index < -0.39 is 6.10 Å². The molecule has 0 aliphatic heterocycles. The minimum atomic E-state index is -0.718. The molecule has 2 aromatic carbocycles. The highest BCUT2D eigenvalue weighted by Crippen LogP contribution is 2.35. The van der Waals surface area contributed by atoms with Gasteiger partial charge < -0.3 is 30.1 Å². The summed E-state index contributed by atoms with van der Waals surface area (Å²) in [5.41, 5.74) is 4.52. The minimum Gasteiger partial charge on any atom is -0.493 e. The van der Waals surface area contributed by atoms with E-state index in [1.807, 2.05) is 24.3 Å². The standard InChI is InChI=1S/C27H41NO5/c1-21-24(11-8-13-26(21)32-17-7-5-3-4-6-16-29)25-12-9-14-27(22(25)2)33-18-10-15-28-19-23(31)20-30/h8-9,11-14,23,28-31H,3-7,10,15-20H2,1-2H3/t23-/m0/s1. The van der Waals surface area contributed by atoms with E-state index in [-0.39, 0.29) is 13.2 Å². The quantitative estimate of drug-likeness (QED) is 0.267. The summed E-state index contributed by atoms with van der Waals surface area (Å²) in [4.78, 5) is 0. The van der Waals surface area contributed by atoms with Crippen molar-refractivity contribution in [2.75, 3.05) is 39.5 Å². The zero-order chi connectivity index (χ0) is 23.9. The number of aliphatic hydroxyl groups excluding tert-OH is 3. The largest absolute Gasteiger partial charge is 0.493 e. The molecule has 6 heteroatoms. The first kappa shape index (κ1) is 27.1. The summed E-state index contributed by atoms with van der Waals surface area (Å²) in [6, 6.07) is 12.3. The number of hydrogen-bond acceptors (Lipinski definition) is 6. The van der Waals surface area contributed by atoms with Crippen LogP contribution in [0.15, 0.2) is 36.4 Å². The summed E-state index contributed by atoms with van der Waals surface area (Å²) < 4.78 is 12.1. The Hall–Kier alpha value is -2.12. The molecular weight excluding hydrogens is 418 g/mol. The van der Waals surface area contributed by atoms with Crippen molar-refractivity contribution in [3.8, 4) is 22.6 Å². The summed E-state index contributed by atoms with van der Waals surface area (Å²) in [5, 5.41) is 30.1. The van der Waals surface area contributed by atoms with Crippen molar-refractivity contribution in [2.24, 2.45) is 0 Å². The molecule has 0 aromatic heterocycles. The van der Waals surface area contributed by atoms with Crippen LogP contribution in [0.1, 0.15) is 49.7 Å². The number of ether oxygens (including phenoxy) is 2. The van der Waals surface area contributed by atoms with Gasteiger partial charge in [-0.3, -0.25) is 0 Å². The Kier molecular flexibility index (Phi) is 12.9. The molecule has 0 unspecified atom stereocenters. The van der Waals surface area contributed by atoms with Crippen LogP contribution in [-0.2, 0) is 0 Å². The van der Waals surface area contributed by atoms with Gasteiger partial charge in [-0.1, -0.05) is 43.5 Å². The molecule has 184 valence electrons. The van der Waals surface area contributed by atoms with Crippen LogP contribution in [0, 0.1) is 13.8 Å². The van der Waals surface area contributed by atoms with Gasteiger partial charge in [-0.05, 0) is 74.0 Å². The number of nitrogens with one attached hydrogen (secondary N) is 1. The van der Waals surface area contributed by atoms with Gasteiger partial charge in [0.15, 0.2) is 0 Å². The number of hydrogen-bond donors (Lipinski definition) is 4. The molecule has 2 aromatic rings. The third-order valence-corrected chi connectivity index (χ3v) is 5.76. The SMILES string of the molecule is Cc1c(OCCCCCCCO)cccc1-c1cccc(OCCCNC[C@H](O)CO)c1C. The number of rotatable bonds is 17. The van der Waals surface area contributed by atoms with Gasteiger partial charge in [0.2, 0.25) is 0 Å². The minimum absolute atomic E-state index is 0.230. The topological polar surface area (TPSA) is 91.2 Å². The molecule has 1 atom stereocenters. The predicted molar refractivity (Wildman–Crippen MR) is 133 cm³/mol. The van der Waals surface area contributed by atoms with Crippen molar-refractivity contribution in [1.82, 2.24) is 5.32 Å². The van der Waals surface area contributed by atoms with Gasteiger partial charge in [-0.15, -0.1) is 0 Å². The van der Waals surface area contributed by atoms with Gasteiger partial charge in [-0.2, -0.15) is 0 Å². The lowest BCUT2D eigenvalue weighted by molar-refractivity contribution is 0.0942. The zero-order valence-corrected chi connectivity index (χ0v) is 20.2. The van der Waals surface area contributed by atoms with E-state index >= 15 is 0 Å². The molecule has 0 aliphatic carbocycles. The average Bonchev–Trinajstić information content (AvgIpc) is 2.82. The van der Waals surface area contributed by atoms with E-state index in [1.54, 1.807) is 0 Å². The highest BCUT2D eigenvalue weighted by molar-refractivity contribution is 5.74. The Morgan fingerprint density at radius 1 is 0.758 bits per heavy atom. The number of unbranched alkanes of at least 4 members (excludes halogenated alkanes) is 4. The molecule has 0 saturated heterocycles. The number of aliphatic hydroxyl groups is 3. The normalized spacial score (nSPS) is 12.0. The van der Waals surface area contributed by atoms with Crippen molar-refractivity contribution >= 4 is 0 Å². The van der Waals surface area contributed by atoms with E-state index in [0.29, 0.717) is 19.8 Å². The fourth-order valence-corrected chi connectivity index (χ4v) is 3.76. The van der Waals surface area contributed by atoms with Crippen LogP contribution < -0.4 is 14.8 Å². The van der Waals surface area contributed by atoms with Crippen molar-refractivity contribution < 1.29 is 24.8 Å². The van der Waals surface area contributed by atoms with E-state index in [1.165, 1.54) is 0 Å². The Bertz CT molecular complexity index is 811. The summed E-state index contributed by atoms with van der Waals surface area (Å²) in [6.07, 6.45) is 5.33. The van der Waals surface area contributed by atoms with Gasteiger partial charge in [-0.25, -0.2) is 0 Å². The van der Waals surface area contributed by atoms with E-state index in [9.17, 15) is 5.11 Å². The van der Waals surface area contributed by atoms with Crippen LogP contribution >= 0.6 is 0 Å². The fourth-order valence-electron chi connectivity index (χ4n) is 3.76. The molecule has 0 spiro atoms. The van der Waals surface area contributed by atoms with Crippen molar-refractivity contribution in [2.45, 2.75) is 58.5 Å². The monoisotopic (exact) mass is 459 g/mol. The summed E-state index contributed by atoms with van der Waals surface area (Å²) in [7, 11) is 0. The molecule has 4 N–H and O–H groups in total. The molecule has 0 fully saturated rings. The van der Waals surface area contributed by atoms with E-state index in [4.69, 9.17) is 19.7 Å². The second-order valence-electron chi connectivity index (χ2n) is 8.44. The Morgan fingerprint density at radius 2 is 1.30 bits per heavy atom. The molecule has 6 nitrogen and oxygen atoms in total. The average molecular weight is 460 g/mol. The Balaban J connectivity index is 1.91. The van der Waals surface area contributed by atoms with Crippen LogP contribution in [0.25, 0.3) is 11.1 Å². The molecule has 0 aliphatic rings. The maximum atomic E-state index is 9.35. The van der Waals surface area contributed by atoms with E-state index in [0.717, 1.165) is 78.8 Å². The third-order valence-electron chi connectivity index (χ3n) is 5.76. The maximum absolute atomic E-state index is 9.35. The van der Waals surface area contributed by atoms with Gasteiger partial charge in [0.05, 0.1) is 25.9 Å². The summed E-state index contributed by atoms with van der Waals surface area (Å²) in [5.74, 6) is 1.79. The van der Waals surface area contributed by atoms with E-state index in [2.05, 4.69) is 31.3 Å². The second-order valence-corrected chi connectivity index (χ2v) is 8.44. The zero-order valence-electron chi connectivity index (χ0n) is 20.2. The molecular formula is C27H41NO5. The van der Waals surface area contributed by atoms with Crippen LogP contribution in [-0.4, -0.2) is 60.9 Å². The van der Waals surface area contributed by atoms with Gasteiger partial charge >= 0.3 is 0 Å². The van der Waals surface area contributed by atoms with Crippen LogP contribution in [0.4, 0.5) is 0 Å². The molecule has 2 rings (SSSR count). The Morgan fingerprint density at radius 3 is 1.88 bits per heavy atom. The van der Waals surface area contributed by atoms with Crippen molar-refractivity contribution in [3.05, 3.63) is 47.5 Å². The summed E-state index contributed by atoms with van der Waals surface area (Å²) in [6.45, 7) is 6.61. The highest BCUT2D eigenvalue weighted by Gasteiger charge is 2.12. The van der Waals surface area contributed by atoms with Crippen LogP contribution in [0.2, 0.25) is 0 Å². The lowest BCUT2D eigenvalue weighted by atomic mass is 9.95. The van der Waals surface area contributed by atoms with Gasteiger partial charge in [0.25, 0.3) is 0 Å². The first-order chi connectivity index (χ1) is 16.1. The van der Waals surface area contributed by atoms with Crippen LogP contribution in [0.5, 0.6) is 11.5 Å². The van der Waals surface area contributed by atoms with Gasteiger partial charge in [0, 0.05) is 13.2 Å². The smallest absolute Gasteiger partial charge is 0.122 e. The van der Waals surface area contributed by atoms with Crippen molar-refractivity contribution in [3.63, 3.8) is 0 Å². The van der Waals surface area contributed by atoms with Crippen molar-refractivity contribution in [1.29, 1.82) is 0 Å². The molecule has 0 bridgehead atoms. The summed E-state index contributed by atoms with van der Waals surface area (Å²) >= 11 is 0.